The summed E-state index contributed by atoms with van der Waals surface area (Å²) in [6, 6.07) is 12.3. The number of amides is 2. The predicted octanol–water partition coefficient (Wildman–Crippen LogP) is 3.90. The number of anilines is 2. The molecule has 1 aliphatic rings. The van der Waals surface area contributed by atoms with Gasteiger partial charge in [-0.25, -0.2) is 0 Å². The molecule has 2 aromatic carbocycles. The van der Waals surface area contributed by atoms with Gasteiger partial charge >= 0.3 is 0 Å². The summed E-state index contributed by atoms with van der Waals surface area (Å²) in [4.78, 5) is 26.9. The van der Waals surface area contributed by atoms with Gasteiger partial charge in [0.05, 0.1) is 5.69 Å². The third-order valence-corrected chi connectivity index (χ3v) is 4.67. The summed E-state index contributed by atoms with van der Waals surface area (Å²) < 4.78 is 6.59. The first-order valence-corrected chi connectivity index (χ1v) is 8.83. The van der Waals surface area contributed by atoms with Crippen molar-refractivity contribution in [2.24, 2.45) is 0 Å². The average Bonchev–Trinajstić information content (AvgIpc) is 2.58. The van der Waals surface area contributed by atoms with E-state index in [9.17, 15) is 9.59 Å². The highest BCUT2D eigenvalue weighted by Gasteiger charge is 2.37. The fraction of sp³-hybridized carbons (Fsp3) is 0.263. The Hall–Kier alpha value is -2.34. The summed E-state index contributed by atoms with van der Waals surface area (Å²) in [7, 11) is 0. The number of carbonyl (C=O) groups is 2. The number of ether oxygens (including phenoxy) is 1. The van der Waals surface area contributed by atoms with Gasteiger partial charge in [-0.2, -0.15) is 0 Å². The number of nitrogens with one attached hydrogen (secondary N) is 1. The van der Waals surface area contributed by atoms with Crippen LogP contribution in [0.25, 0.3) is 0 Å². The van der Waals surface area contributed by atoms with Gasteiger partial charge in [0.25, 0.3) is 5.91 Å². The molecule has 0 radical (unpaired) electrons. The third-order valence-electron chi connectivity index (χ3n) is 4.14. The largest absolute Gasteiger partial charge is 0.479 e. The molecule has 1 heterocycles. The van der Waals surface area contributed by atoms with Crippen molar-refractivity contribution in [1.82, 2.24) is 0 Å². The van der Waals surface area contributed by atoms with Crippen LogP contribution >= 0.6 is 15.9 Å². The van der Waals surface area contributed by atoms with Gasteiger partial charge in [0.2, 0.25) is 5.91 Å². The van der Waals surface area contributed by atoms with Crippen LogP contribution in [0, 0.1) is 6.92 Å². The van der Waals surface area contributed by atoms with Crippen LogP contribution in [-0.2, 0) is 9.59 Å². The molecule has 5 nitrogen and oxygen atoms in total. The van der Waals surface area contributed by atoms with Gasteiger partial charge in [-0.15, -0.1) is 0 Å². The van der Waals surface area contributed by atoms with Crippen LogP contribution in [0.5, 0.6) is 5.75 Å². The molecule has 0 bridgehead atoms. The van der Waals surface area contributed by atoms with Crippen LogP contribution in [0.3, 0.4) is 0 Å². The smallest absolute Gasteiger partial charge is 0.268 e. The molecule has 2 amide bonds. The Balaban J connectivity index is 1.88. The molecule has 0 aromatic heterocycles. The maximum absolute atomic E-state index is 12.7. The van der Waals surface area contributed by atoms with Crippen LogP contribution in [0.1, 0.15) is 19.4 Å². The fourth-order valence-electron chi connectivity index (χ4n) is 2.77. The summed E-state index contributed by atoms with van der Waals surface area (Å²) in [6.07, 6.45) is -0.627. The van der Waals surface area contributed by atoms with Crippen molar-refractivity contribution < 1.29 is 14.3 Å². The normalized spacial score (nSPS) is 17.5. The van der Waals surface area contributed by atoms with Gasteiger partial charge in [-0.05, 0) is 62.7 Å². The standard InChI is InChI=1S/C19H19BrN2O3/c1-11-4-9-17-16(10-11)22(19(24)13(3)25-17)12(2)18(23)21-15-7-5-14(20)6-8-15/h4-10,12-13H,1-3H3,(H,21,23). The van der Waals surface area contributed by atoms with Gasteiger partial charge in [0.15, 0.2) is 6.10 Å². The van der Waals surface area contributed by atoms with Crippen molar-refractivity contribution in [2.75, 3.05) is 10.2 Å². The molecule has 25 heavy (non-hydrogen) atoms. The fourth-order valence-corrected chi connectivity index (χ4v) is 3.03. The maximum atomic E-state index is 12.7. The van der Waals surface area contributed by atoms with Gasteiger partial charge in [-0.3, -0.25) is 14.5 Å². The SMILES string of the molecule is Cc1ccc2c(c1)N(C(C)C(=O)Nc1ccc(Br)cc1)C(=O)C(C)O2. The number of halogens is 1. The van der Waals surface area contributed by atoms with E-state index >= 15 is 0 Å². The first-order chi connectivity index (χ1) is 11.9. The number of hydrogen-bond acceptors (Lipinski definition) is 3. The zero-order valence-corrected chi connectivity index (χ0v) is 15.8. The average molecular weight is 403 g/mol. The predicted molar refractivity (Wildman–Crippen MR) is 101 cm³/mol. The number of fused-ring (bicyclic) bond motifs is 1. The molecule has 2 unspecified atom stereocenters. The monoisotopic (exact) mass is 402 g/mol. The highest BCUT2D eigenvalue weighted by molar-refractivity contribution is 9.10. The van der Waals surface area contributed by atoms with E-state index in [4.69, 9.17) is 4.74 Å². The number of rotatable bonds is 3. The Morgan fingerprint density at radius 1 is 1.24 bits per heavy atom. The molecular weight excluding hydrogens is 384 g/mol. The Morgan fingerprint density at radius 3 is 2.60 bits per heavy atom. The summed E-state index contributed by atoms with van der Waals surface area (Å²) in [6.45, 7) is 5.35. The van der Waals surface area contributed by atoms with E-state index in [0.717, 1.165) is 10.0 Å². The highest BCUT2D eigenvalue weighted by Crippen LogP contribution is 2.36. The van der Waals surface area contributed by atoms with E-state index < -0.39 is 12.1 Å². The molecule has 0 fully saturated rings. The van der Waals surface area contributed by atoms with Crippen molar-refractivity contribution in [2.45, 2.75) is 32.9 Å². The Kier molecular flexibility index (Phi) is 4.81. The maximum Gasteiger partial charge on any atom is 0.268 e. The van der Waals surface area contributed by atoms with Crippen LogP contribution in [0.2, 0.25) is 0 Å². The zero-order valence-electron chi connectivity index (χ0n) is 14.2. The molecule has 3 rings (SSSR count). The Bertz CT molecular complexity index is 820. The van der Waals surface area contributed by atoms with Crippen molar-refractivity contribution in [3.8, 4) is 5.75 Å². The summed E-state index contributed by atoms with van der Waals surface area (Å²) in [5, 5.41) is 2.85. The van der Waals surface area contributed by atoms with Crippen molar-refractivity contribution >= 4 is 39.1 Å². The molecular formula is C19H19BrN2O3. The Labute approximate surface area is 155 Å². The molecule has 2 aromatic rings. The van der Waals surface area contributed by atoms with E-state index in [1.807, 2.05) is 37.3 Å². The number of carbonyl (C=O) groups excluding carboxylic acids is 2. The van der Waals surface area contributed by atoms with Crippen LogP contribution in [-0.4, -0.2) is 24.0 Å². The molecule has 1 aliphatic heterocycles. The lowest BCUT2D eigenvalue weighted by atomic mass is 10.1. The van der Waals surface area contributed by atoms with Crippen molar-refractivity contribution in [3.63, 3.8) is 0 Å². The topological polar surface area (TPSA) is 58.6 Å². The second-order valence-electron chi connectivity index (χ2n) is 6.11. The minimum Gasteiger partial charge on any atom is -0.479 e. The van der Waals surface area contributed by atoms with Crippen LogP contribution in [0.4, 0.5) is 11.4 Å². The van der Waals surface area contributed by atoms with Gasteiger partial charge in [0.1, 0.15) is 11.8 Å². The van der Waals surface area contributed by atoms with E-state index in [-0.39, 0.29) is 11.8 Å². The third kappa shape index (κ3) is 3.54. The lowest BCUT2D eigenvalue weighted by molar-refractivity contribution is -0.128. The van der Waals surface area contributed by atoms with Crippen LogP contribution < -0.4 is 15.0 Å². The van der Waals surface area contributed by atoms with E-state index in [0.29, 0.717) is 17.1 Å². The van der Waals surface area contributed by atoms with Gasteiger partial charge in [0, 0.05) is 10.2 Å². The molecule has 0 aliphatic carbocycles. The number of nitrogens with zero attached hydrogens (tertiary/aromatic N) is 1. The van der Waals surface area contributed by atoms with E-state index in [2.05, 4.69) is 21.2 Å². The first kappa shape index (κ1) is 17.5. The van der Waals surface area contributed by atoms with Crippen molar-refractivity contribution in [1.29, 1.82) is 0 Å². The molecule has 0 saturated carbocycles. The molecule has 6 heteroatoms. The van der Waals surface area contributed by atoms with E-state index in [1.165, 1.54) is 4.90 Å². The van der Waals surface area contributed by atoms with Gasteiger partial charge in [-0.1, -0.05) is 22.0 Å². The number of hydrogen-bond donors (Lipinski definition) is 1. The molecule has 2 atom stereocenters. The number of aryl methyl sites for hydroxylation is 1. The summed E-state index contributed by atoms with van der Waals surface area (Å²) in [5.74, 6) is 0.134. The van der Waals surface area contributed by atoms with Crippen LogP contribution in [0.15, 0.2) is 46.9 Å². The second kappa shape index (κ2) is 6.88. The molecule has 0 spiro atoms. The van der Waals surface area contributed by atoms with Crippen molar-refractivity contribution in [3.05, 3.63) is 52.5 Å². The van der Waals surface area contributed by atoms with E-state index in [1.54, 1.807) is 26.0 Å². The minimum atomic E-state index is -0.664. The molecule has 1 N–H and O–H groups in total. The van der Waals surface area contributed by atoms with Gasteiger partial charge < -0.3 is 10.1 Å². The lowest BCUT2D eigenvalue weighted by Gasteiger charge is -2.36. The lowest BCUT2D eigenvalue weighted by Crippen LogP contribution is -2.52. The highest BCUT2D eigenvalue weighted by atomic mass is 79.9. The summed E-state index contributed by atoms with van der Waals surface area (Å²) in [5.41, 5.74) is 2.30. The summed E-state index contributed by atoms with van der Waals surface area (Å²) >= 11 is 3.36. The second-order valence-corrected chi connectivity index (χ2v) is 7.03. The quantitative estimate of drug-likeness (QED) is 0.846. The molecule has 0 saturated heterocycles. The first-order valence-electron chi connectivity index (χ1n) is 8.03. The zero-order chi connectivity index (χ0) is 18.1. The minimum absolute atomic E-state index is 0.225. The Morgan fingerprint density at radius 2 is 1.92 bits per heavy atom. The number of benzene rings is 2. The molecule has 130 valence electrons.